The average Bonchev–Trinajstić information content (AvgIpc) is 2.48. The summed E-state index contributed by atoms with van der Waals surface area (Å²) in [6.45, 7) is 4.09. The number of rotatable bonds is 5. The first-order valence-corrected chi connectivity index (χ1v) is 6.54. The Morgan fingerprint density at radius 2 is 2.00 bits per heavy atom. The quantitative estimate of drug-likeness (QED) is 0.908. The molecular weight excluding hydrogens is 252 g/mol. The number of pyridine rings is 1. The van der Waals surface area contributed by atoms with Crippen LogP contribution >= 0.6 is 0 Å². The third-order valence-electron chi connectivity index (χ3n) is 2.87. The Labute approximate surface area is 118 Å². The van der Waals surface area contributed by atoms with E-state index in [1.54, 1.807) is 19.2 Å². The molecule has 2 aromatic rings. The van der Waals surface area contributed by atoms with Crippen molar-refractivity contribution < 1.29 is 9.53 Å². The van der Waals surface area contributed by atoms with Gasteiger partial charge in [0.15, 0.2) is 0 Å². The summed E-state index contributed by atoms with van der Waals surface area (Å²) < 4.78 is 5.55. The summed E-state index contributed by atoms with van der Waals surface area (Å²) in [4.78, 5) is 16.1. The van der Waals surface area contributed by atoms with Gasteiger partial charge in [0.25, 0.3) is 5.91 Å². The Balaban J connectivity index is 1.84. The minimum Gasteiger partial charge on any atom is -0.364 e. The van der Waals surface area contributed by atoms with Crippen molar-refractivity contribution >= 4 is 11.7 Å². The van der Waals surface area contributed by atoms with Gasteiger partial charge in [-0.1, -0.05) is 36.4 Å². The van der Waals surface area contributed by atoms with E-state index in [9.17, 15) is 4.79 Å². The van der Waals surface area contributed by atoms with Crippen molar-refractivity contribution in [1.29, 1.82) is 0 Å². The van der Waals surface area contributed by atoms with Crippen molar-refractivity contribution in [2.24, 2.45) is 0 Å². The van der Waals surface area contributed by atoms with Gasteiger partial charge in [0, 0.05) is 6.20 Å². The van der Waals surface area contributed by atoms with Gasteiger partial charge in [-0.2, -0.15) is 0 Å². The second-order valence-electron chi connectivity index (χ2n) is 4.65. The van der Waals surface area contributed by atoms with E-state index in [2.05, 4.69) is 10.3 Å². The molecule has 4 nitrogen and oxygen atoms in total. The molecule has 0 aliphatic heterocycles. The van der Waals surface area contributed by atoms with E-state index in [1.807, 2.05) is 43.3 Å². The van der Waals surface area contributed by atoms with Crippen LogP contribution < -0.4 is 5.32 Å². The van der Waals surface area contributed by atoms with Crippen molar-refractivity contribution in [3.05, 3.63) is 59.8 Å². The molecule has 4 heteroatoms. The Morgan fingerprint density at radius 1 is 1.25 bits per heavy atom. The molecule has 0 saturated heterocycles. The fraction of sp³-hybridized carbons (Fsp3) is 0.250. The number of hydrogen-bond donors (Lipinski definition) is 1. The largest absolute Gasteiger partial charge is 0.364 e. The van der Waals surface area contributed by atoms with Gasteiger partial charge in [0.2, 0.25) is 0 Å². The van der Waals surface area contributed by atoms with Crippen LogP contribution in [-0.2, 0) is 16.1 Å². The Hall–Kier alpha value is -2.20. The monoisotopic (exact) mass is 270 g/mol. The first-order chi connectivity index (χ1) is 9.65. The van der Waals surface area contributed by atoms with Crippen LogP contribution in [0.5, 0.6) is 0 Å². The molecule has 0 radical (unpaired) electrons. The zero-order valence-electron chi connectivity index (χ0n) is 11.7. The lowest BCUT2D eigenvalue weighted by molar-refractivity contribution is -0.127. The molecular formula is C16H18N2O2. The lowest BCUT2D eigenvalue weighted by atomic mass is 10.2. The van der Waals surface area contributed by atoms with Gasteiger partial charge in [0.1, 0.15) is 11.9 Å². The number of carbonyl (C=O) groups is 1. The number of aryl methyl sites for hydroxylation is 1. The van der Waals surface area contributed by atoms with Crippen LogP contribution in [0.2, 0.25) is 0 Å². The number of amides is 1. The molecule has 2 rings (SSSR count). The van der Waals surface area contributed by atoms with Gasteiger partial charge in [-0.25, -0.2) is 4.98 Å². The van der Waals surface area contributed by atoms with E-state index in [-0.39, 0.29) is 5.91 Å². The summed E-state index contributed by atoms with van der Waals surface area (Å²) in [5.74, 6) is 0.341. The smallest absolute Gasteiger partial charge is 0.254 e. The van der Waals surface area contributed by atoms with Crippen molar-refractivity contribution in [1.82, 2.24) is 4.98 Å². The first kappa shape index (κ1) is 14.2. The highest BCUT2D eigenvalue weighted by Gasteiger charge is 2.13. The van der Waals surface area contributed by atoms with Crippen molar-refractivity contribution in [2.75, 3.05) is 5.32 Å². The van der Waals surface area contributed by atoms with Crippen molar-refractivity contribution in [2.45, 2.75) is 26.6 Å². The SMILES string of the molecule is Cc1ccc(NC(=O)[C@H](C)OCc2ccccc2)nc1. The van der Waals surface area contributed by atoms with Crippen LogP contribution in [0, 0.1) is 6.92 Å². The molecule has 0 aliphatic carbocycles. The van der Waals surface area contributed by atoms with Gasteiger partial charge in [-0.05, 0) is 31.0 Å². The molecule has 0 aliphatic rings. The number of carbonyl (C=O) groups excluding carboxylic acids is 1. The molecule has 1 heterocycles. The topological polar surface area (TPSA) is 51.2 Å². The van der Waals surface area contributed by atoms with E-state index >= 15 is 0 Å². The lowest BCUT2D eigenvalue weighted by Gasteiger charge is -2.13. The fourth-order valence-corrected chi connectivity index (χ4v) is 1.64. The second kappa shape index (κ2) is 6.82. The van der Waals surface area contributed by atoms with E-state index in [1.165, 1.54) is 0 Å². The Bertz CT molecular complexity index is 552. The summed E-state index contributed by atoms with van der Waals surface area (Å²) in [7, 11) is 0. The van der Waals surface area contributed by atoms with E-state index < -0.39 is 6.10 Å². The molecule has 1 atom stereocenters. The highest BCUT2D eigenvalue weighted by Crippen LogP contribution is 2.07. The van der Waals surface area contributed by atoms with Crippen molar-refractivity contribution in [3.63, 3.8) is 0 Å². The fourth-order valence-electron chi connectivity index (χ4n) is 1.64. The Morgan fingerprint density at radius 3 is 2.65 bits per heavy atom. The summed E-state index contributed by atoms with van der Waals surface area (Å²) in [6, 6.07) is 13.4. The van der Waals surface area contributed by atoms with E-state index in [4.69, 9.17) is 4.74 Å². The molecule has 0 fully saturated rings. The maximum absolute atomic E-state index is 11.9. The van der Waals surface area contributed by atoms with Crippen LogP contribution in [-0.4, -0.2) is 17.0 Å². The number of anilines is 1. The standard InChI is InChI=1S/C16H18N2O2/c1-12-8-9-15(17-10-12)18-16(19)13(2)20-11-14-6-4-3-5-7-14/h3-10,13H,11H2,1-2H3,(H,17,18,19)/t13-/m0/s1. The van der Waals surface area contributed by atoms with Gasteiger partial charge < -0.3 is 10.1 Å². The summed E-state index contributed by atoms with van der Waals surface area (Å²) in [5, 5.41) is 2.73. The molecule has 0 unspecified atom stereocenters. The predicted octanol–water partition coefficient (Wildman–Crippen LogP) is 2.93. The molecule has 0 spiro atoms. The van der Waals surface area contributed by atoms with Crippen LogP contribution in [0.4, 0.5) is 5.82 Å². The maximum atomic E-state index is 11.9. The molecule has 0 saturated carbocycles. The van der Waals surface area contributed by atoms with Gasteiger partial charge >= 0.3 is 0 Å². The molecule has 20 heavy (non-hydrogen) atoms. The minimum absolute atomic E-state index is 0.197. The number of nitrogens with zero attached hydrogens (tertiary/aromatic N) is 1. The van der Waals surface area contributed by atoms with Crippen LogP contribution in [0.1, 0.15) is 18.1 Å². The number of ether oxygens (including phenoxy) is 1. The van der Waals surface area contributed by atoms with Crippen LogP contribution in [0.3, 0.4) is 0 Å². The van der Waals surface area contributed by atoms with Gasteiger partial charge in [0.05, 0.1) is 6.61 Å². The highest BCUT2D eigenvalue weighted by molar-refractivity contribution is 5.93. The highest BCUT2D eigenvalue weighted by atomic mass is 16.5. The third-order valence-corrected chi connectivity index (χ3v) is 2.87. The second-order valence-corrected chi connectivity index (χ2v) is 4.65. The predicted molar refractivity (Wildman–Crippen MR) is 78.3 cm³/mol. The average molecular weight is 270 g/mol. The lowest BCUT2D eigenvalue weighted by Crippen LogP contribution is -2.28. The zero-order valence-corrected chi connectivity index (χ0v) is 11.7. The molecule has 104 valence electrons. The van der Waals surface area contributed by atoms with Gasteiger partial charge in [-0.3, -0.25) is 4.79 Å². The third kappa shape index (κ3) is 4.17. The molecule has 1 amide bonds. The number of benzene rings is 1. The van der Waals surface area contributed by atoms with E-state index in [0.717, 1.165) is 11.1 Å². The summed E-state index contributed by atoms with van der Waals surface area (Å²) in [6.07, 6.45) is 1.18. The minimum atomic E-state index is -0.529. The summed E-state index contributed by atoms with van der Waals surface area (Å²) >= 11 is 0. The number of hydrogen-bond acceptors (Lipinski definition) is 3. The molecule has 1 aromatic carbocycles. The zero-order chi connectivity index (χ0) is 14.4. The Kier molecular flexibility index (Phi) is 4.85. The molecule has 0 bridgehead atoms. The first-order valence-electron chi connectivity index (χ1n) is 6.54. The van der Waals surface area contributed by atoms with Crippen LogP contribution in [0.15, 0.2) is 48.7 Å². The van der Waals surface area contributed by atoms with E-state index in [0.29, 0.717) is 12.4 Å². The normalized spacial score (nSPS) is 11.9. The van der Waals surface area contributed by atoms with Crippen molar-refractivity contribution in [3.8, 4) is 0 Å². The maximum Gasteiger partial charge on any atom is 0.254 e. The molecule has 1 N–H and O–H groups in total. The van der Waals surface area contributed by atoms with Crippen LogP contribution in [0.25, 0.3) is 0 Å². The summed E-state index contributed by atoms with van der Waals surface area (Å²) in [5.41, 5.74) is 2.09. The van der Waals surface area contributed by atoms with Gasteiger partial charge in [-0.15, -0.1) is 0 Å². The number of aromatic nitrogens is 1. The molecule has 1 aromatic heterocycles. The number of nitrogens with one attached hydrogen (secondary N) is 1.